The van der Waals surface area contributed by atoms with Crippen LogP contribution >= 0.6 is 22.9 Å². The van der Waals surface area contributed by atoms with Gasteiger partial charge in [0.2, 0.25) is 0 Å². The highest BCUT2D eigenvalue weighted by molar-refractivity contribution is 7.18. The maximum Gasteiger partial charge on any atom is 0.261 e. The standard InChI is InChI=1S/C19H20ClFN4OS/c1-25-16(5-6-23-25)15-9-17(27-18(15)20)19(26)24-14(11-22)8-12-3-2-4-13(7-12)10-21/h2-7,9,14H,8,10-11,22H2,1H3,(H,24,26)/t14-/m0/s1. The van der Waals surface area contributed by atoms with Gasteiger partial charge in [0, 0.05) is 31.4 Å². The molecule has 0 aliphatic heterocycles. The fourth-order valence-electron chi connectivity index (χ4n) is 2.87. The van der Waals surface area contributed by atoms with Crippen molar-refractivity contribution in [3.63, 3.8) is 0 Å². The number of amides is 1. The van der Waals surface area contributed by atoms with Gasteiger partial charge in [-0.1, -0.05) is 35.9 Å². The Hall–Kier alpha value is -2.22. The van der Waals surface area contributed by atoms with Crippen molar-refractivity contribution in [3.05, 3.63) is 62.9 Å². The molecule has 3 aromatic rings. The minimum atomic E-state index is -0.516. The molecule has 2 aromatic heterocycles. The molecule has 0 bridgehead atoms. The molecule has 0 unspecified atom stereocenters. The molecule has 1 atom stereocenters. The highest BCUT2D eigenvalue weighted by Crippen LogP contribution is 2.35. The maximum absolute atomic E-state index is 12.8. The Kier molecular flexibility index (Phi) is 6.26. The highest BCUT2D eigenvalue weighted by atomic mass is 35.5. The molecule has 142 valence electrons. The molecule has 27 heavy (non-hydrogen) atoms. The van der Waals surface area contributed by atoms with Crippen LogP contribution in [0.25, 0.3) is 11.3 Å². The number of hydrogen-bond acceptors (Lipinski definition) is 4. The summed E-state index contributed by atoms with van der Waals surface area (Å²) >= 11 is 7.54. The van der Waals surface area contributed by atoms with Gasteiger partial charge in [0.15, 0.2) is 0 Å². The molecule has 8 heteroatoms. The van der Waals surface area contributed by atoms with Crippen molar-refractivity contribution in [2.45, 2.75) is 19.1 Å². The molecule has 3 rings (SSSR count). The van der Waals surface area contributed by atoms with Crippen molar-refractivity contribution in [2.75, 3.05) is 6.54 Å². The van der Waals surface area contributed by atoms with Gasteiger partial charge in [-0.2, -0.15) is 5.10 Å². The van der Waals surface area contributed by atoms with Gasteiger partial charge >= 0.3 is 0 Å². The van der Waals surface area contributed by atoms with Crippen molar-refractivity contribution >= 4 is 28.8 Å². The topological polar surface area (TPSA) is 72.9 Å². The van der Waals surface area contributed by atoms with Crippen molar-refractivity contribution in [1.82, 2.24) is 15.1 Å². The monoisotopic (exact) mass is 406 g/mol. The zero-order valence-corrected chi connectivity index (χ0v) is 16.4. The Labute approximate surface area is 166 Å². The van der Waals surface area contributed by atoms with Crippen LogP contribution in [0, 0.1) is 0 Å². The van der Waals surface area contributed by atoms with E-state index in [2.05, 4.69) is 10.4 Å². The van der Waals surface area contributed by atoms with Gasteiger partial charge < -0.3 is 11.1 Å². The van der Waals surface area contributed by atoms with E-state index in [9.17, 15) is 9.18 Å². The number of carbonyl (C=O) groups is 1. The number of hydrogen-bond donors (Lipinski definition) is 2. The van der Waals surface area contributed by atoms with Crippen LogP contribution in [-0.2, 0) is 20.1 Å². The Bertz CT molecular complexity index is 939. The zero-order valence-electron chi connectivity index (χ0n) is 14.8. The minimum Gasteiger partial charge on any atom is -0.347 e. The van der Waals surface area contributed by atoms with Crippen molar-refractivity contribution in [3.8, 4) is 11.3 Å². The first-order valence-electron chi connectivity index (χ1n) is 8.44. The first-order valence-corrected chi connectivity index (χ1v) is 9.63. The van der Waals surface area contributed by atoms with Gasteiger partial charge in [0.1, 0.15) is 11.0 Å². The van der Waals surface area contributed by atoms with E-state index in [-0.39, 0.29) is 18.5 Å². The predicted octanol–water partition coefficient (Wildman–Crippen LogP) is 3.57. The maximum atomic E-state index is 12.8. The normalized spacial score (nSPS) is 12.1. The second kappa shape index (κ2) is 8.65. The number of rotatable bonds is 7. The van der Waals surface area contributed by atoms with Crippen LogP contribution in [0.5, 0.6) is 0 Å². The molecule has 0 saturated heterocycles. The van der Waals surface area contributed by atoms with E-state index < -0.39 is 6.67 Å². The van der Waals surface area contributed by atoms with E-state index in [0.29, 0.717) is 21.2 Å². The average Bonchev–Trinajstić information content (AvgIpc) is 3.26. The highest BCUT2D eigenvalue weighted by Gasteiger charge is 2.19. The summed E-state index contributed by atoms with van der Waals surface area (Å²) in [6.45, 7) is -0.239. The van der Waals surface area contributed by atoms with Crippen LogP contribution in [-0.4, -0.2) is 28.3 Å². The number of carbonyl (C=O) groups excluding carboxylic acids is 1. The average molecular weight is 407 g/mol. The van der Waals surface area contributed by atoms with Crippen LogP contribution in [0.4, 0.5) is 4.39 Å². The summed E-state index contributed by atoms with van der Waals surface area (Å²) in [5.41, 5.74) is 8.98. The number of aromatic nitrogens is 2. The quantitative estimate of drug-likeness (QED) is 0.630. The first-order chi connectivity index (χ1) is 13.0. The third-order valence-electron chi connectivity index (χ3n) is 4.25. The molecule has 0 aliphatic rings. The molecule has 3 N–H and O–H groups in total. The number of nitrogens with two attached hydrogens (primary N) is 1. The Morgan fingerprint density at radius 3 is 2.81 bits per heavy atom. The van der Waals surface area contributed by atoms with Crippen LogP contribution in [0.3, 0.4) is 0 Å². The van der Waals surface area contributed by atoms with Gasteiger partial charge in [-0.25, -0.2) is 4.39 Å². The van der Waals surface area contributed by atoms with Gasteiger partial charge in [-0.15, -0.1) is 11.3 Å². The van der Waals surface area contributed by atoms with E-state index in [4.69, 9.17) is 17.3 Å². The summed E-state index contributed by atoms with van der Waals surface area (Å²) in [6, 6.07) is 10.6. The molecule has 2 heterocycles. The molecule has 1 aromatic carbocycles. The molecular formula is C19H20ClFN4OS. The second-order valence-electron chi connectivity index (χ2n) is 6.20. The SMILES string of the molecule is Cn1nccc1-c1cc(C(=O)N[C@H](CN)Cc2cccc(CF)c2)sc1Cl. The smallest absolute Gasteiger partial charge is 0.261 e. The van der Waals surface area contributed by atoms with E-state index in [0.717, 1.165) is 16.8 Å². The van der Waals surface area contributed by atoms with E-state index in [1.165, 1.54) is 11.3 Å². The molecule has 0 spiro atoms. The molecular weight excluding hydrogens is 387 g/mol. The summed E-state index contributed by atoms with van der Waals surface area (Å²) in [4.78, 5) is 13.2. The third-order valence-corrected chi connectivity index (χ3v) is 5.61. The van der Waals surface area contributed by atoms with Gasteiger partial charge in [-0.05, 0) is 29.7 Å². The number of benzene rings is 1. The number of halogens is 2. The molecule has 0 saturated carbocycles. The third kappa shape index (κ3) is 4.55. The lowest BCUT2D eigenvalue weighted by Crippen LogP contribution is -2.41. The number of thiophene rings is 1. The molecule has 0 radical (unpaired) electrons. The number of alkyl halides is 1. The second-order valence-corrected chi connectivity index (χ2v) is 7.86. The largest absolute Gasteiger partial charge is 0.347 e. The van der Waals surface area contributed by atoms with Crippen molar-refractivity contribution < 1.29 is 9.18 Å². The number of nitrogens with zero attached hydrogens (tertiary/aromatic N) is 2. The zero-order chi connectivity index (χ0) is 19.4. The van der Waals surface area contributed by atoms with E-state index in [1.807, 2.05) is 19.2 Å². The van der Waals surface area contributed by atoms with E-state index in [1.54, 1.807) is 35.1 Å². The number of nitrogens with one attached hydrogen (secondary N) is 1. The van der Waals surface area contributed by atoms with Crippen LogP contribution < -0.4 is 11.1 Å². The molecule has 1 amide bonds. The summed E-state index contributed by atoms with van der Waals surface area (Å²) < 4.78 is 15.1. The fourth-order valence-corrected chi connectivity index (χ4v) is 4.06. The van der Waals surface area contributed by atoms with Crippen LogP contribution in [0.1, 0.15) is 20.8 Å². The lowest BCUT2D eigenvalue weighted by Gasteiger charge is -2.16. The first kappa shape index (κ1) is 19.5. The molecule has 0 aliphatic carbocycles. The van der Waals surface area contributed by atoms with Gasteiger partial charge in [-0.3, -0.25) is 9.48 Å². The van der Waals surface area contributed by atoms with E-state index >= 15 is 0 Å². The molecule has 5 nitrogen and oxygen atoms in total. The van der Waals surface area contributed by atoms with Gasteiger partial charge in [0.25, 0.3) is 5.91 Å². The Balaban J connectivity index is 1.72. The lowest BCUT2D eigenvalue weighted by molar-refractivity contribution is 0.0942. The van der Waals surface area contributed by atoms with Crippen molar-refractivity contribution in [1.29, 1.82) is 0 Å². The summed E-state index contributed by atoms with van der Waals surface area (Å²) in [7, 11) is 1.82. The Morgan fingerprint density at radius 2 is 2.15 bits per heavy atom. The predicted molar refractivity (Wildman–Crippen MR) is 107 cm³/mol. The summed E-state index contributed by atoms with van der Waals surface area (Å²) in [5.74, 6) is -0.229. The van der Waals surface area contributed by atoms with Gasteiger partial charge in [0.05, 0.1) is 10.6 Å². The number of aryl methyl sites for hydroxylation is 1. The van der Waals surface area contributed by atoms with Crippen molar-refractivity contribution in [2.24, 2.45) is 12.8 Å². The Morgan fingerprint density at radius 1 is 1.37 bits per heavy atom. The van der Waals surface area contributed by atoms with Crippen LogP contribution in [0.15, 0.2) is 42.6 Å². The summed E-state index contributed by atoms with van der Waals surface area (Å²) in [6.07, 6.45) is 2.21. The molecule has 0 fully saturated rings. The summed E-state index contributed by atoms with van der Waals surface area (Å²) in [5, 5.41) is 7.07. The minimum absolute atomic E-state index is 0.229. The van der Waals surface area contributed by atoms with Crippen LogP contribution in [0.2, 0.25) is 4.34 Å². The lowest BCUT2D eigenvalue weighted by atomic mass is 10.0. The fraction of sp³-hybridized carbons (Fsp3) is 0.263.